The van der Waals surface area contributed by atoms with Crippen molar-refractivity contribution in [2.45, 2.75) is 0 Å². The normalized spacial score (nSPS) is 44.0. The predicted octanol–water partition coefficient (Wildman–Crippen LogP) is 0.217. The molecule has 1 heterocycles. The van der Waals surface area contributed by atoms with Gasteiger partial charge in [-0.05, 0) is 11.8 Å². The molecule has 0 aromatic rings. The fraction of sp³-hybridized carbons (Fsp3) is 0.667. The van der Waals surface area contributed by atoms with Gasteiger partial charge < -0.3 is 0 Å². The van der Waals surface area contributed by atoms with Gasteiger partial charge in [0.05, 0.1) is 11.5 Å². The molecule has 0 saturated carbocycles. The van der Waals surface area contributed by atoms with Crippen LogP contribution in [0.1, 0.15) is 0 Å². The van der Waals surface area contributed by atoms with Crippen LogP contribution in [-0.2, 0) is 9.84 Å². The van der Waals surface area contributed by atoms with Gasteiger partial charge in [-0.2, -0.15) is 0 Å². The van der Waals surface area contributed by atoms with Gasteiger partial charge in [0.25, 0.3) is 0 Å². The van der Waals surface area contributed by atoms with E-state index >= 15 is 0 Å². The third kappa shape index (κ3) is 0.713. The Labute approximate surface area is 54.5 Å². The van der Waals surface area contributed by atoms with E-state index in [0.29, 0.717) is 23.3 Å². The molecule has 1 aliphatic heterocycles. The summed E-state index contributed by atoms with van der Waals surface area (Å²) in [5, 5.41) is 0. The first-order valence-corrected chi connectivity index (χ1v) is 4.88. The lowest BCUT2D eigenvalue weighted by atomic mass is 9.86. The Balaban J connectivity index is 2.32. The molecule has 1 fully saturated rings. The van der Waals surface area contributed by atoms with Crippen molar-refractivity contribution in [3.8, 4) is 0 Å². The maximum absolute atomic E-state index is 10.9. The van der Waals surface area contributed by atoms with Crippen molar-refractivity contribution in [2.75, 3.05) is 11.5 Å². The predicted molar refractivity (Wildman–Crippen MR) is 34.8 cm³/mol. The summed E-state index contributed by atoms with van der Waals surface area (Å²) in [6.07, 6.45) is 3.99. The van der Waals surface area contributed by atoms with Gasteiger partial charge in [0.15, 0.2) is 9.84 Å². The first-order valence-electron chi connectivity index (χ1n) is 3.06. The van der Waals surface area contributed by atoms with Crippen molar-refractivity contribution in [1.29, 1.82) is 0 Å². The van der Waals surface area contributed by atoms with Crippen LogP contribution in [0.3, 0.4) is 0 Å². The molecule has 1 aliphatic carbocycles. The fourth-order valence-corrected chi connectivity index (χ4v) is 3.46. The summed E-state index contributed by atoms with van der Waals surface area (Å²) >= 11 is 0. The smallest absolute Gasteiger partial charge is 0.151 e. The second-order valence-electron chi connectivity index (χ2n) is 2.79. The van der Waals surface area contributed by atoms with Crippen LogP contribution in [0.15, 0.2) is 12.2 Å². The van der Waals surface area contributed by atoms with E-state index in [1.807, 2.05) is 12.2 Å². The average Bonchev–Trinajstić information content (AvgIpc) is 1.90. The Hall–Kier alpha value is -0.310. The van der Waals surface area contributed by atoms with Crippen LogP contribution < -0.4 is 0 Å². The van der Waals surface area contributed by atoms with Crippen molar-refractivity contribution in [3.05, 3.63) is 12.2 Å². The maximum Gasteiger partial charge on any atom is 0.151 e. The molecule has 2 nitrogen and oxygen atoms in total. The van der Waals surface area contributed by atoms with E-state index in [-0.39, 0.29) is 0 Å². The highest BCUT2D eigenvalue weighted by atomic mass is 32.2. The Morgan fingerprint density at radius 2 is 1.56 bits per heavy atom. The molecule has 0 spiro atoms. The highest BCUT2D eigenvalue weighted by Gasteiger charge is 2.38. The number of rotatable bonds is 0. The van der Waals surface area contributed by atoms with Crippen molar-refractivity contribution in [2.24, 2.45) is 11.8 Å². The number of hydrogen-bond donors (Lipinski definition) is 0. The molecule has 0 radical (unpaired) electrons. The second-order valence-corrected chi connectivity index (χ2v) is 4.94. The highest BCUT2D eigenvalue weighted by Crippen LogP contribution is 2.34. The van der Waals surface area contributed by atoms with Crippen LogP contribution in [0.2, 0.25) is 0 Å². The molecule has 2 aliphatic rings. The van der Waals surface area contributed by atoms with Gasteiger partial charge in [-0.1, -0.05) is 12.2 Å². The van der Waals surface area contributed by atoms with E-state index in [4.69, 9.17) is 0 Å². The maximum atomic E-state index is 10.9. The summed E-state index contributed by atoms with van der Waals surface area (Å²) in [6.45, 7) is 0. The van der Waals surface area contributed by atoms with Crippen molar-refractivity contribution in [3.63, 3.8) is 0 Å². The minimum Gasteiger partial charge on any atom is -0.229 e. The largest absolute Gasteiger partial charge is 0.229 e. The molecule has 2 unspecified atom stereocenters. The van der Waals surface area contributed by atoms with Crippen LogP contribution >= 0.6 is 0 Å². The third-order valence-electron chi connectivity index (χ3n) is 2.05. The van der Waals surface area contributed by atoms with Crippen LogP contribution in [0.4, 0.5) is 0 Å². The zero-order valence-electron chi connectivity index (χ0n) is 4.95. The standard InChI is InChI=1S/C6H8O2S/c7-9(8)3-5-1-2-6(5)4-9/h1-2,5-6H,3-4H2. The fourth-order valence-electron chi connectivity index (χ4n) is 1.44. The number of fused-ring (bicyclic) bond motifs is 1. The van der Waals surface area contributed by atoms with E-state index in [1.54, 1.807) is 0 Å². The van der Waals surface area contributed by atoms with E-state index in [0.717, 1.165) is 0 Å². The van der Waals surface area contributed by atoms with Crippen LogP contribution in [0.25, 0.3) is 0 Å². The lowest BCUT2D eigenvalue weighted by molar-refractivity contribution is 0.541. The topological polar surface area (TPSA) is 34.1 Å². The summed E-state index contributed by atoms with van der Waals surface area (Å²) in [4.78, 5) is 0. The highest BCUT2D eigenvalue weighted by molar-refractivity contribution is 7.91. The van der Waals surface area contributed by atoms with Gasteiger partial charge >= 0.3 is 0 Å². The van der Waals surface area contributed by atoms with Crippen molar-refractivity contribution < 1.29 is 8.42 Å². The van der Waals surface area contributed by atoms with Crippen LogP contribution in [0.5, 0.6) is 0 Å². The third-order valence-corrected chi connectivity index (χ3v) is 3.83. The number of hydrogen-bond acceptors (Lipinski definition) is 2. The molecule has 2 atom stereocenters. The van der Waals surface area contributed by atoms with E-state index in [9.17, 15) is 8.42 Å². The summed E-state index contributed by atoms with van der Waals surface area (Å²) in [5.74, 6) is 1.53. The van der Waals surface area contributed by atoms with Gasteiger partial charge in [0.1, 0.15) is 0 Å². The number of allylic oxidation sites excluding steroid dienone is 2. The zero-order valence-corrected chi connectivity index (χ0v) is 5.76. The van der Waals surface area contributed by atoms with Crippen LogP contribution in [-0.4, -0.2) is 19.9 Å². The quantitative estimate of drug-likeness (QED) is 0.456. The van der Waals surface area contributed by atoms with Gasteiger partial charge in [0, 0.05) is 0 Å². The summed E-state index contributed by atoms with van der Waals surface area (Å²) in [7, 11) is -2.64. The molecule has 9 heavy (non-hydrogen) atoms. The SMILES string of the molecule is O=S1(=O)CC2C=CC2C1. The molecule has 0 aromatic carbocycles. The Morgan fingerprint density at radius 1 is 1.11 bits per heavy atom. The van der Waals surface area contributed by atoms with Gasteiger partial charge in [-0.25, -0.2) is 8.42 Å². The van der Waals surface area contributed by atoms with E-state index in [2.05, 4.69) is 0 Å². The molecule has 0 bridgehead atoms. The van der Waals surface area contributed by atoms with E-state index in [1.165, 1.54) is 0 Å². The van der Waals surface area contributed by atoms with E-state index < -0.39 is 9.84 Å². The first-order chi connectivity index (χ1) is 4.17. The van der Waals surface area contributed by atoms with Gasteiger partial charge in [-0.3, -0.25) is 0 Å². The molecule has 0 aromatic heterocycles. The molecule has 50 valence electrons. The molecule has 0 N–H and O–H groups in total. The van der Waals surface area contributed by atoms with Gasteiger partial charge in [-0.15, -0.1) is 0 Å². The molecule has 3 heteroatoms. The lowest BCUT2D eigenvalue weighted by Crippen LogP contribution is -2.14. The summed E-state index contributed by atoms with van der Waals surface area (Å²) < 4.78 is 21.7. The van der Waals surface area contributed by atoms with Crippen molar-refractivity contribution >= 4 is 9.84 Å². The molecule has 0 amide bonds. The van der Waals surface area contributed by atoms with Crippen LogP contribution in [0, 0.1) is 11.8 Å². The molecule has 2 rings (SSSR count). The molecule has 1 saturated heterocycles. The molecular formula is C6H8O2S. The van der Waals surface area contributed by atoms with Crippen molar-refractivity contribution in [1.82, 2.24) is 0 Å². The lowest BCUT2D eigenvalue weighted by Gasteiger charge is -2.17. The minimum atomic E-state index is -2.64. The Bertz CT molecular complexity index is 230. The number of sulfone groups is 1. The minimum absolute atomic E-state index is 0.370. The Morgan fingerprint density at radius 3 is 1.78 bits per heavy atom. The van der Waals surface area contributed by atoms with Gasteiger partial charge in [0.2, 0.25) is 0 Å². The second kappa shape index (κ2) is 1.40. The monoisotopic (exact) mass is 144 g/mol. The zero-order chi connectivity index (χ0) is 6.48. The first kappa shape index (κ1) is 5.47. The molecular weight excluding hydrogens is 136 g/mol. The average molecular weight is 144 g/mol. The summed E-state index contributed by atoms with van der Waals surface area (Å²) in [6, 6.07) is 0. The Kier molecular flexibility index (Phi) is 0.850. The summed E-state index contributed by atoms with van der Waals surface area (Å²) in [5.41, 5.74) is 0.